The first-order valence-electron chi connectivity index (χ1n) is 7.25. The van der Waals surface area contributed by atoms with Crippen LogP contribution < -0.4 is 10.1 Å². The molecule has 1 N–H and O–H groups in total. The summed E-state index contributed by atoms with van der Waals surface area (Å²) in [6.07, 6.45) is -0.259. The summed E-state index contributed by atoms with van der Waals surface area (Å²) in [4.78, 5) is 13.3. The van der Waals surface area contributed by atoms with E-state index in [1.54, 1.807) is 32.4 Å². The van der Waals surface area contributed by atoms with Gasteiger partial charge in [0.05, 0.1) is 11.4 Å². The number of amides is 1. The number of ether oxygens (including phenoxy) is 2. The van der Waals surface area contributed by atoms with Crippen LogP contribution in [0.5, 0.6) is 5.75 Å². The highest BCUT2D eigenvalue weighted by Crippen LogP contribution is 2.30. The fourth-order valence-electron chi connectivity index (χ4n) is 2.38. The normalized spacial score (nSPS) is 12.3. The number of furan rings is 1. The van der Waals surface area contributed by atoms with E-state index in [0.717, 1.165) is 10.3 Å². The van der Waals surface area contributed by atoms with E-state index in [2.05, 4.69) is 5.32 Å². The highest BCUT2D eigenvalue weighted by molar-refractivity contribution is 7.16. The summed E-state index contributed by atoms with van der Waals surface area (Å²) < 4.78 is 17.0. The highest BCUT2D eigenvalue weighted by Gasteiger charge is 2.18. The first-order chi connectivity index (χ1) is 11.6. The van der Waals surface area contributed by atoms with Crippen LogP contribution >= 0.6 is 22.9 Å². The van der Waals surface area contributed by atoms with Gasteiger partial charge in [-0.15, -0.1) is 11.3 Å². The number of fused-ring (bicyclic) bond motifs is 1. The third-order valence-electron chi connectivity index (χ3n) is 3.60. The number of carbonyl (C=O) groups is 1. The van der Waals surface area contributed by atoms with Crippen LogP contribution in [0.15, 0.2) is 40.8 Å². The molecule has 0 aliphatic rings. The summed E-state index contributed by atoms with van der Waals surface area (Å²) >= 11 is 7.37. The van der Waals surface area contributed by atoms with Crippen molar-refractivity contribution in [2.75, 3.05) is 20.8 Å². The molecule has 2 aromatic heterocycles. The first kappa shape index (κ1) is 16.8. The lowest BCUT2D eigenvalue weighted by molar-refractivity contribution is 0.0818. The van der Waals surface area contributed by atoms with E-state index >= 15 is 0 Å². The first-order valence-corrected chi connectivity index (χ1v) is 8.44. The molecule has 0 aliphatic carbocycles. The van der Waals surface area contributed by atoms with Crippen LogP contribution in [-0.4, -0.2) is 26.7 Å². The van der Waals surface area contributed by atoms with E-state index in [1.165, 1.54) is 11.3 Å². The minimum atomic E-state index is -0.307. The summed E-state index contributed by atoms with van der Waals surface area (Å²) in [6, 6.07) is 10.9. The number of para-hydroxylation sites is 1. The SMILES string of the molecule is COc1cccc2cc(C(=O)NC[C@@H](OC)c3ccc(Cl)s3)oc12. The molecule has 3 rings (SSSR count). The van der Waals surface area contributed by atoms with Gasteiger partial charge in [0.2, 0.25) is 0 Å². The third-order valence-corrected chi connectivity index (χ3v) is 4.92. The van der Waals surface area contributed by atoms with Crippen LogP contribution in [0.1, 0.15) is 21.5 Å². The van der Waals surface area contributed by atoms with Crippen molar-refractivity contribution < 1.29 is 18.7 Å². The van der Waals surface area contributed by atoms with Gasteiger partial charge in [-0.2, -0.15) is 0 Å². The smallest absolute Gasteiger partial charge is 0.287 e. The number of rotatable bonds is 6. The Balaban J connectivity index is 1.72. The van der Waals surface area contributed by atoms with Crippen molar-refractivity contribution in [3.63, 3.8) is 0 Å². The quantitative estimate of drug-likeness (QED) is 0.708. The van der Waals surface area contributed by atoms with Crippen LogP contribution in [-0.2, 0) is 4.74 Å². The molecule has 0 bridgehead atoms. The summed E-state index contributed by atoms with van der Waals surface area (Å²) in [5.74, 6) is 0.515. The van der Waals surface area contributed by atoms with Crippen molar-refractivity contribution in [1.29, 1.82) is 0 Å². The minimum absolute atomic E-state index is 0.230. The molecule has 126 valence electrons. The Labute approximate surface area is 148 Å². The average molecular weight is 366 g/mol. The maximum absolute atomic E-state index is 12.3. The molecule has 3 aromatic rings. The van der Waals surface area contributed by atoms with E-state index in [9.17, 15) is 4.79 Å². The summed E-state index contributed by atoms with van der Waals surface area (Å²) in [7, 11) is 3.16. The second-order valence-corrected chi connectivity index (χ2v) is 6.81. The standard InChI is InChI=1S/C17H16ClNO4S/c1-21-11-5-3-4-10-8-12(23-16(10)11)17(20)19-9-13(22-2)14-6-7-15(18)24-14/h3-8,13H,9H2,1-2H3,(H,19,20)/t13-/m1/s1. The van der Waals surface area contributed by atoms with Crippen LogP contribution in [0.25, 0.3) is 11.0 Å². The second kappa shape index (κ2) is 7.25. The van der Waals surface area contributed by atoms with Gasteiger partial charge in [0, 0.05) is 23.9 Å². The molecule has 0 spiro atoms. The number of carbonyl (C=O) groups excluding carboxylic acids is 1. The maximum atomic E-state index is 12.3. The van der Waals surface area contributed by atoms with Gasteiger partial charge in [-0.05, 0) is 24.3 Å². The summed E-state index contributed by atoms with van der Waals surface area (Å²) in [5, 5.41) is 3.63. The van der Waals surface area contributed by atoms with Crippen molar-refractivity contribution in [1.82, 2.24) is 5.32 Å². The van der Waals surface area contributed by atoms with Gasteiger partial charge in [-0.3, -0.25) is 4.79 Å². The Morgan fingerprint density at radius 1 is 1.33 bits per heavy atom. The van der Waals surface area contributed by atoms with Gasteiger partial charge in [0.1, 0.15) is 6.10 Å². The monoisotopic (exact) mass is 365 g/mol. The Bertz CT molecular complexity index is 857. The zero-order valence-corrected chi connectivity index (χ0v) is 14.7. The number of nitrogens with one attached hydrogen (secondary N) is 1. The Kier molecular flexibility index (Phi) is 5.08. The van der Waals surface area contributed by atoms with Crippen LogP contribution in [0.4, 0.5) is 0 Å². The zero-order valence-electron chi connectivity index (χ0n) is 13.2. The molecule has 0 saturated carbocycles. The highest BCUT2D eigenvalue weighted by atomic mass is 35.5. The predicted molar refractivity (Wildman–Crippen MR) is 94.2 cm³/mol. The summed E-state index contributed by atoms with van der Waals surface area (Å²) in [6.45, 7) is 0.320. The van der Waals surface area contributed by atoms with Gasteiger partial charge < -0.3 is 19.2 Å². The average Bonchev–Trinajstić information content (AvgIpc) is 3.21. The third kappa shape index (κ3) is 3.40. The van der Waals surface area contributed by atoms with Crippen molar-refractivity contribution in [2.24, 2.45) is 0 Å². The molecule has 2 heterocycles. The Hall–Kier alpha value is -2.02. The van der Waals surface area contributed by atoms with Gasteiger partial charge >= 0.3 is 0 Å². The lowest BCUT2D eigenvalue weighted by atomic mass is 10.2. The van der Waals surface area contributed by atoms with Crippen molar-refractivity contribution in [3.8, 4) is 5.75 Å². The number of hydrogen-bond acceptors (Lipinski definition) is 5. The van der Waals surface area contributed by atoms with Crippen LogP contribution in [0.2, 0.25) is 4.34 Å². The number of methoxy groups -OCH3 is 2. The van der Waals surface area contributed by atoms with Crippen LogP contribution in [0.3, 0.4) is 0 Å². The fraction of sp³-hybridized carbons (Fsp3) is 0.235. The largest absolute Gasteiger partial charge is 0.493 e. The van der Waals surface area contributed by atoms with Crippen molar-refractivity contribution in [3.05, 3.63) is 51.4 Å². The molecule has 24 heavy (non-hydrogen) atoms. The number of benzene rings is 1. The maximum Gasteiger partial charge on any atom is 0.287 e. The Morgan fingerprint density at radius 2 is 2.17 bits per heavy atom. The van der Waals surface area contributed by atoms with Crippen molar-refractivity contribution >= 4 is 39.8 Å². The van der Waals surface area contributed by atoms with E-state index in [-0.39, 0.29) is 17.8 Å². The van der Waals surface area contributed by atoms with Gasteiger partial charge in [-0.1, -0.05) is 23.7 Å². The topological polar surface area (TPSA) is 60.7 Å². The van der Waals surface area contributed by atoms with Gasteiger partial charge in [0.15, 0.2) is 17.1 Å². The van der Waals surface area contributed by atoms with E-state index in [4.69, 9.17) is 25.5 Å². The minimum Gasteiger partial charge on any atom is -0.493 e. The number of halogens is 1. The molecule has 0 aliphatic heterocycles. The molecular weight excluding hydrogens is 350 g/mol. The second-order valence-electron chi connectivity index (χ2n) is 5.07. The molecule has 1 aromatic carbocycles. The molecule has 1 amide bonds. The van der Waals surface area contributed by atoms with Crippen LogP contribution in [0, 0.1) is 0 Å². The molecule has 7 heteroatoms. The van der Waals surface area contributed by atoms with Gasteiger partial charge in [0.25, 0.3) is 5.91 Å². The molecule has 5 nitrogen and oxygen atoms in total. The fourth-order valence-corrected chi connectivity index (χ4v) is 3.52. The Morgan fingerprint density at radius 3 is 2.83 bits per heavy atom. The van der Waals surface area contributed by atoms with E-state index < -0.39 is 0 Å². The summed E-state index contributed by atoms with van der Waals surface area (Å²) in [5.41, 5.74) is 0.554. The van der Waals surface area contributed by atoms with Gasteiger partial charge in [-0.25, -0.2) is 0 Å². The lowest BCUT2D eigenvalue weighted by Crippen LogP contribution is -2.28. The molecular formula is C17H16ClNO4S. The lowest BCUT2D eigenvalue weighted by Gasteiger charge is -2.13. The molecule has 0 saturated heterocycles. The number of hydrogen-bond donors (Lipinski definition) is 1. The molecule has 0 unspecified atom stereocenters. The van der Waals surface area contributed by atoms with E-state index in [0.29, 0.717) is 22.2 Å². The van der Waals surface area contributed by atoms with E-state index in [1.807, 2.05) is 18.2 Å². The number of thiophene rings is 1. The molecule has 0 fully saturated rings. The van der Waals surface area contributed by atoms with Crippen molar-refractivity contribution in [2.45, 2.75) is 6.10 Å². The zero-order chi connectivity index (χ0) is 17.1. The molecule has 1 atom stereocenters. The molecule has 0 radical (unpaired) electrons. The predicted octanol–water partition coefficient (Wildman–Crippen LogP) is 4.27.